The number of aliphatic hydroxyl groups is 2. The largest absolute Gasteiger partial charge is 0.508 e. The molecule has 15 heterocycles. The Morgan fingerprint density at radius 3 is 1.22 bits per heavy atom. The van der Waals surface area contributed by atoms with Gasteiger partial charge in [0, 0.05) is 57.9 Å². The summed E-state index contributed by atoms with van der Waals surface area (Å²) in [6, 6.07) is -0.694. The van der Waals surface area contributed by atoms with Crippen LogP contribution in [0.1, 0.15) is 130 Å². The highest BCUT2D eigenvalue weighted by molar-refractivity contribution is 7.89. The number of tetrazole rings is 1. The Morgan fingerprint density at radius 1 is 0.618 bits per heavy atom. The number of nitrogens with two attached hydrogens (primary N) is 2. The van der Waals surface area contributed by atoms with Crippen LogP contribution in [0, 0.1) is 83.1 Å². The maximum absolute atomic E-state index is 10.7. The SMILES string of the molecule is CC(=O)NO.CC(=O)NS(C)(=O)=O.CC(N)=O.CC1=C(O)C(=O)NC1=O.CC1=C(O)COC1=O.CC1=NS(=O)ON1.CC1N=NNC1=O.CC1N=NNC1=O.CC1[NH+]=NN(C)C1=O.CS(N)(=O)=O.Cc1[nH][nH]c(=O)c1C.Cc1[nH]oc(=O)c1C.Cc1c(O)c(=O)c1=O.Cc1c(O)nnn1C.Cc1c(O)nnn1C.Cc1c[nH]oc1=O.Cc1nn[nH]n1.Cc1noc(=O)[nH]1.Cc1o[nH]c(=O)c1C.Cn1oc(=O)[nH]c1=O. The number of aromatic hydroxyl groups is 3. The van der Waals surface area contributed by atoms with Crippen LogP contribution in [0.5, 0.6) is 17.5 Å². The van der Waals surface area contributed by atoms with Gasteiger partial charge in [-0.15, -0.1) is 19.6 Å². The molecule has 144 heavy (non-hydrogen) atoms. The maximum atomic E-state index is 10.7. The normalized spacial score (nSPS) is 14.4. The second-order valence-corrected chi connectivity index (χ2v) is 31.7. The molecule has 4 unspecified atom stereocenters. The van der Waals surface area contributed by atoms with E-state index in [-0.39, 0.29) is 105 Å². The molecule has 0 spiro atoms. The summed E-state index contributed by atoms with van der Waals surface area (Å²) in [5, 5.41) is 120. The monoisotopic (exact) mass is 2110 g/mol. The molecule has 0 fully saturated rings. The minimum absolute atomic E-state index is 0.00694. The van der Waals surface area contributed by atoms with Gasteiger partial charge < -0.3 is 59.2 Å². The molecule has 1 aromatic carbocycles. The van der Waals surface area contributed by atoms with Gasteiger partial charge in [-0.3, -0.25) is 82.6 Å². The predicted octanol–water partition coefficient (Wildman–Crippen LogP) is -7.04. The molecule has 9 aromatic heterocycles. The van der Waals surface area contributed by atoms with E-state index in [1.165, 1.54) is 67.7 Å². The van der Waals surface area contributed by atoms with Crippen molar-refractivity contribution in [1.29, 1.82) is 0 Å². The van der Waals surface area contributed by atoms with E-state index >= 15 is 0 Å². The van der Waals surface area contributed by atoms with Crippen molar-refractivity contribution in [1.82, 2.24) is 133 Å². The molecule has 16 rings (SSSR count). The quantitative estimate of drug-likeness (QED) is 0.0239. The molecule has 800 valence electrons. The highest BCUT2D eigenvalue weighted by Crippen LogP contribution is 2.12. The number of primary sulfonamides is 1. The van der Waals surface area contributed by atoms with Crippen molar-refractivity contribution in [2.24, 2.45) is 62.3 Å². The summed E-state index contributed by atoms with van der Waals surface area (Å²) in [7, 11) is -0.0698. The summed E-state index contributed by atoms with van der Waals surface area (Å²) in [5.41, 5.74) is 16.3. The average Bonchev–Trinajstić information content (AvgIpc) is 0.988. The molecule has 10 aromatic rings. The molecule has 8 amide bonds. The number of sulfonamides is 2. The second kappa shape index (κ2) is 66.7. The molecule has 0 saturated heterocycles. The van der Waals surface area contributed by atoms with Crippen molar-refractivity contribution in [2.45, 2.75) is 164 Å². The number of hydroxylamine groups is 2. The van der Waals surface area contributed by atoms with Crippen LogP contribution in [0.2, 0.25) is 0 Å². The number of esters is 1. The molecule has 0 radical (unpaired) electrons. The highest BCUT2D eigenvalue weighted by atomic mass is 32.2. The Morgan fingerprint density at radius 2 is 1.12 bits per heavy atom. The summed E-state index contributed by atoms with van der Waals surface area (Å²) in [6.45, 7) is 34.1. The molecule has 6 aliphatic rings. The fourth-order valence-corrected chi connectivity index (χ4v) is 7.53. The maximum Gasteiger partial charge on any atom is 0.440 e. The number of aromatic nitrogens is 19. The third-order valence-corrected chi connectivity index (χ3v) is 16.5. The molecule has 0 bridgehead atoms. The average molecular weight is 2120 g/mol. The first kappa shape index (κ1) is 133. The van der Waals surface area contributed by atoms with Crippen molar-refractivity contribution in [3.05, 3.63) is 190 Å². The van der Waals surface area contributed by atoms with Gasteiger partial charge in [0.05, 0.1) is 69.7 Å². The molecular weight excluding hydrogens is 2000 g/mol. The van der Waals surface area contributed by atoms with Crippen LogP contribution < -0.4 is 98.3 Å². The molecule has 4 atom stereocenters. The Labute approximate surface area is 811 Å². The van der Waals surface area contributed by atoms with Gasteiger partial charge in [-0.05, 0) is 125 Å². The van der Waals surface area contributed by atoms with E-state index in [9.17, 15) is 107 Å². The number of likely N-dealkylation sites (N-methyl/N-ethyl adjacent to an activating group) is 1. The van der Waals surface area contributed by atoms with E-state index in [1.807, 2.05) is 17.2 Å². The Balaban J connectivity index is -0.000000718. The first-order valence-corrected chi connectivity index (χ1v) is 43.9. The number of aliphatic hydroxyl groups excluding tert-OH is 2. The van der Waals surface area contributed by atoms with Crippen molar-refractivity contribution < 1.29 is 132 Å². The number of hydrogen-bond acceptors (Lipinski definition) is 50. The number of nitrogens with zero attached hydrogens (tertiary/aromatic N) is 18. The number of rotatable bonds is 1. The zero-order valence-corrected chi connectivity index (χ0v) is 84.3. The number of H-pyrrole nitrogens is 8. The molecule has 71 nitrogen and oxygen atoms in total. The molecule has 0 aliphatic carbocycles. The Hall–Kier alpha value is -17.7. The first-order valence-electron chi connectivity index (χ1n) is 39.0. The van der Waals surface area contributed by atoms with E-state index in [1.54, 1.807) is 123 Å². The van der Waals surface area contributed by atoms with E-state index in [4.69, 9.17) is 30.7 Å². The standard InChI is InChI=1S/C5H8N2O.C5H5NO3.2C5H7NO2.C5H6O3.C5H4O3.3C4H7N3O.C4H5NO2.2C3H5N3O.C3H4N2O3.C3H4N2O2.C3H7NO3S.C2H4N4.C2H4N2O2S.C2H5NO2.C2H5NO.CH5NO2S/c1-3-4(2)6-7-5(3)8;1-2-3(7)5(9)6-4(2)8;1-3-4(2)8-6-5(3)7;1-3-4(2)6-8-5(3)7;1-3-4(6)2-8-5(3)7;1-2-3(6)5(8)4(2)7;2*1-3-4(8)5-6-7(3)2;1-3-4(8)7(2)6-5-3;1-3-2-5-7-4(3)6;2*1-2-3(7)5-6-4-2;1-5-2(6)4-3(7)8-5;1-2-4-3(6)7-5-2;1-3(5)4-8(2,6)7;1-2-3-5-6-4-2;1-2-3-6-7(5)4-2;1-2(4)3-5;1-2(3)4;1-5(2,3)4/h1-2H3,(H2,6,7,8);1H3,(H2,6,7,8,9);1-2H3,(H,6,7);6H,1-2H3;6H,2H2,1H3;6H,1H3;2*8H,1-2H3;3H,1-2H3;2,5H,1H3;2*2H,1H3,(H,4,5,7);1H3,(H,4,6,7);1H3,(H,4,5,6);1-2H3,(H,4,5);1H3,(H,3,4,5,6);1H3,(H,3,4);5H,1H3,(H,3,4);1H3,(H2,3,4);1H3,(H2,2,3,4)/p+1. The zero-order chi connectivity index (χ0) is 112. The van der Waals surface area contributed by atoms with Crippen molar-refractivity contribution in [3.63, 3.8) is 0 Å². The van der Waals surface area contributed by atoms with E-state index < -0.39 is 94.7 Å². The summed E-state index contributed by atoms with van der Waals surface area (Å²) in [6.07, 6.45) is 3.38. The number of amides is 8. The van der Waals surface area contributed by atoms with Crippen molar-refractivity contribution >= 4 is 90.4 Å². The van der Waals surface area contributed by atoms with Gasteiger partial charge in [0.2, 0.25) is 49.2 Å². The fourth-order valence-electron chi connectivity index (χ4n) is 6.52. The predicted molar refractivity (Wildman–Crippen MR) is 489 cm³/mol. The van der Waals surface area contributed by atoms with Gasteiger partial charge in [-0.2, -0.15) is 34.7 Å². The van der Waals surface area contributed by atoms with Gasteiger partial charge in [-0.25, -0.2) is 106 Å². The lowest BCUT2D eigenvalue weighted by molar-refractivity contribution is -0.549. The number of carbonyl (C=O) groups excluding carboxylic acids is 9. The zero-order valence-electron chi connectivity index (χ0n) is 81.9. The number of cyclic esters (lactones) is 1. The van der Waals surface area contributed by atoms with Crippen LogP contribution in [-0.2, 0) is 105 Å². The first-order chi connectivity index (χ1) is 66.3. The smallest absolute Gasteiger partial charge is 0.440 e. The minimum atomic E-state index is -3.32. The Bertz CT molecular complexity index is 6510. The van der Waals surface area contributed by atoms with Gasteiger partial charge in [0.1, 0.15) is 36.8 Å². The number of primary amides is 1. The minimum Gasteiger partial charge on any atom is -0.508 e. The number of hydrogen-bond donors (Lipinski definition) is 23. The topological polar surface area (TPSA) is 1060 Å². The van der Waals surface area contributed by atoms with E-state index in [2.05, 4.69) is 171 Å². The van der Waals surface area contributed by atoms with Crippen LogP contribution >= 0.6 is 0 Å². The van der Waals surface area contributed by atoms with Gasteiger partial charge in [0.25, 0.3) is 51.9 Å². The summed E-state index contributed by atoms with van der Waals surface area (Å²) in [4.78, 5) is 188. The molecule has 6 aliphatic heterocycles. The van der Waals surface area contributed by atoms with Crippen molar-refractivity contribution in [3.8, 4) is 17.5 Å². The van der Waals surface area contributed by atoms with Crippen LogP contribution in [-0.4, -0.2) is 256 Å². The Kier molecular flexibility index (Phi) is 61.4. The number of nitrogens with one attached hydrogen (secondary N) is 15. The summed E-state index contributed by atoms with van der Waals surface area (Å²) in [5.74, 6) is -2.83. The number of carbonyl (C=O) groups is 9. The number of aryl methyl sites for hydroxylation is 9. The molecule has 0 saturated carbocycles. The fraction of sp³-hybridized carbons (Fsp3) is 0.443. The van der Waals surface area contributed by atoms with Gasteiger partial charge in [0.15, 0.2) is 29.4 Å². The van der Waals surface area contributed by atoms with Crippen LogP contribution in [0.3, 0.4) is 0 Å². The lowest BCUT2D eigenvalue weighted by Crippen LogP contribution is -2.71. The third-order valence-electron chi connectivity index (χ3n) is 15.2. The number of aromatic amines is 8. The molecule has 25 N–H and O–H groups in total. The lowest BCUT2D eigenvalue weighted by Gasteiger charge is -1.94. The molecular formula is C70H112N35O36S3+. The summed E-state index contributed by atoms with van der Waals surface area (Å²) >= 11 is -1.48. The highest BCUT2D eigenvalue weighted by Gasteiger charge is 2.30. The number of amidine groups is 1. The van der Waals surface area contributed by atoms with Crippen LogP contribution in [0.25, 0.3) is 0 Å². The summed E-state index contributed by atoms with van der Waals surface area (Å²) < 4.78 is 88.5. The number of imide groups is 1. The van der Waals surface area contributed by atoms with Crippen LogP contribution in [0.15, 0.2) is 125 Å². The lowest BCUT2D eigenvalue weighted by atomic mass is 10.1. The van der Waals surface area contributed by atoms with E-state index in [0.29, 0.717) is 56.9 Å². The second-order valence-electron chi connectivity index (χ2n) is 27.5. The van der Waals surface area contributed by atoms with Gasteiger partial charge >= 0.3 is 51.6 Å². The number of ether oxygens (including phenoxy) is 1. The molecule has 74 heteroatoms. The van der Waals surface area contributed by atoms with Gasteiger partial charge in [-0.1, -0.05) is 41.4 Å². The van der Waals surface area contributed by atoms with Crippen LogP contribution in [0.4, 0.5) is 0 Å². The van der Waals surface area contributed by atoms with Crippen molar-refractivity contribution in [2.75, 3.05) is 26.2 Å². The third kappa shape index (κ3) is 58.8. The van der Waals surface area contributed by atoms with E-state index in [0.717, 1.165) is 41.1 Å².